The number of esters is 1. The summed E-state index contributed by atoms with van der Waals surface area (Å²) < 4.78 is 5.28. The molecule has 0 aromatic heterocycles. The van der Waals surface area contributed by atoms with E-state index in [9.17, 15) is 9.59 Å². The van der Waals surface area contributed by atoms with Crippen molar-refractivity contribution in [3.8, 4) is 0 Å². The Kier molecular flexibility index (Phi) is 6.38. The lowest BCUT2D eigenvalue weighted by Crippen LogP contribution is -2.41. The summed E-state index contributed by atoms with van der Waals surface area (Å²) in [4.78, 5) is 29.3. The number of nitrogens with one attached hydrogen (secondary N) is 1. The van der Waals surface area contributed by atoms with Gasteiger partial charge in [-0.05, 0) is 51.0 Å². The first-order valence-corrected chi connectivity index (χ1v) is 7.42. The van der Waals surface area contributed by atoms with E-state index in [-0.39, 0.29) is 5.92 Å². The molecular formula is C16H22ClNO4. The van der Waals surface area contributed by atoms with Crippen LogP contribution in [0.5, 0.6) is 0 Å². The van der Waals surface area contributed by atoms with E-state index in [0.717, 1.165) is 0 Å². The average Bonchev–Trinajstić information content (AvgIpc) is 2.36. The molecule has 0 radical (unpaired) electrons. The van der Waals surface area contributed by atoms with Gasteiger partial charge in [-0.25, -0.2) is 10.3 Å². The lowest BCUT2D eigenvalue weighted by molar-refractivity contribution is -0.175. The van der Waals surface area contributed by atoms with Crippen LogP contribution in [-0.4, -0.2) is 23.6 Å². The minimum atomic E-state index is -0.879. The molecule has 0 fully saturated rings. The second-order valence-corrected chi connectivity index (χ2v) is 6.69. The summed E-state index contributed by atoms with van der Waals surface area (Å²) in [5.74, 6) is -1.12. The van der Waals surface area contributed by atoms with E-state index < -0.39 is 23.6 Å². The zero-order chi connectivity index (χ0) is 16.9. The number of carbonyl (C=O) groups is 2. The molecule has 1 aromatic carbocycles. The van der Waals surface area contributed by atoms with Crippen molar-refractivity contribution in [1.29, 1.82) is 0 Å². The third-order valence-corrected chi connectivity index (χ3v) is 2.88. The van der Waals surface area contributed by atoms with Crippen LogP contribution in [-0.2, 0) is 14.4 Å². The van der Waals surface area contributed by atoms with Crippen molar-refractivity contribution in [3.05, 3.63) is 34.9 Å². The van der Waals surface area contributed by atoms with Gasteiger partial charge in [-0.2, -0.15) is 0 Å². The van der Waals surface area contributed by atoms with Crippen molar-refractivity contribution in [3.63, 3.8) is 0 Å². The molecule has 122 valence electrons. The fraction of sp³-hybridized carbons (Fsp3) is 0.500. The molecule has 5 nitrogen and oxygen atoms in total. The van der Waals surface area contributed by atoms with Gasteiger partial charge in [-0.3, -0.25) is 9.63 Å². The third-order valence-electron chi connectivity index (χ3n) is 2.63. The van der Waals surface area contributed by atoms with Gasteiger partial charge in [0, 0.05) is 10.6 Å². The first-order valence-electron chi connectivity index (χ1n) is 7.04. The van der Waals surface area contributed by atoms with Crippen LogP contribution in [0.3, 0.4) is 0 Å². The van der Waals surface area contributed by atoms with Gasteiger partial charge in [0.1, 0.15) is 5.60 Å². The van der Waals surface area contributed by atoms with Crippen LogP contribution in [0.1, 0.15) is 45.0 Å². The maximum atomic E-state index is 12.1. The van der Waals surface area contributed by atoms with Crippen molar-refractivity contribution in [2.75, 3.05) is 0 Å². The number of rotatable bonds is 5. The van der Waals surface area contributed by atoms with Gasteiger partial charge in [0.05, 0.1) is 0 Å². The maximum absolute atomic E-state index is 12.1. The molecule has 0 saturated heterocycles. The molecule has 0 spiro atoms. The highest BCUT2D eigenvalue weighted by Crippen LogP contribution is 2.15. The van der Waals surface area contributed by atoms with E-state index in [1.807, 2.05) is 13.8 Å². The number of halogens is 1. The predicted octanol–water partition coefficient (Wildman–Crippen LogP) is 3.37. The number of hydrogen-bond acceptors (Lipinski definition) is 4. The summed E-state index contributed by atoms with van der Waals surface area (Å²) in [6.45, 7) is 8.93. The predicted molar refractivity (Wildman–Crippen MR) is 84.5 cm³/mol. The fourth-order valence-electron chi connectivity index (χ4n) is 1.59. The Morgan fingerprint density at radius 2 is 1.68 bits per heavy atom. The zero-order valence-electron chi connectivity index (χ0n) is 13.5. The summed E-state index contributed by atoms with van der Waals surface area (Å²) in [6.07, 6.45) is -0.879. The monoisotopic (exact) mass is 327 g/mol. The van der Waals surface area contributed by atoms with Gasteiger partial charge in [0.2, 0.25) is 0 Å². The molecule has 0 unspecified atom stereocenters. The Hall–Kier alpha value is -1.59. The van der Waals surface area contributed by atoms with Gasteiger partial charge in [-0.15, -0.1) is 0 Å². The van der Waals surface area contributed by atoms with Gasteiger partial charge < -0.3 is 4.74 Å². The van der Waals surface area contributed by atoms with E-state index in [4.69, 9.17) is 21.2 Å². The molecule has 1 amide bonds. The molecule has 0 aliphatic rings. The van der Waals surface area contributed by atoms with Crippen molar-refractivity contribution in [1.82, 2.24) is 5.48 Å². The Bertz CT molecular complexity index is 520. The molecule has 1 atom stereocenters. The van der Waals surface area contributed by atoms with Crippen molar-refractivity contribution in [2.45, 2.75) is 46.3 Å². The van der Waals surface area contributed by atoms with Crippen LogP contribution in [0.15, 0.2) is 24.3 Å². The molecule has 0 bridgehead atoms. The molecule has 0 saturated carbocycles. The lowest BCUT2D eigenvalue weighted by Gasteiger charge is -2.25. The molecule has 0 heterocycles. The molecule has 0 aliphatic heterocycles. The van der Waals surface area contributed by atoms with Crippen LogP contribution in [0.25, 0.3) is 0 Å². The molecule has 1 aromatic rings. The zero-order valence-corrected chi connectivity index (χ0v) is 14.2. The summed E-state index contributed by atoms with van der Waals surface area (Å²) in [5.41, 5.74) is 2.05. The van der Waals surface area contributed by atoms with Gasteiger partial charge in [0.15, 0.2) is 6.10 Å². The number of amides is 1. The molecule has 1 N–H and O–H groups in total. The second kappa shape index (κ2) is 7.61. The van der Waals surface area contributed by atoms with Gasteiger partial charge in [-0.1, -0.05) is 25.4 Å². The van der Waals surface area contributed by atoms with Crippen LogP contribution in [0.2, 0.25) is 5.02 Å². The molecule has 6 heteroatoms. The van der Waals surface area contributed by atoms with Crippen LogP contribution < -0.4 is 5.48 Å². The first-order chi connectivity index (χ1) is 10.1. The van der Waals surface area contributed by atoms with Gasteiger partial charge >= 0.3 is 5.97 Å². The van der Waals surface area contributed by atoms with Crippen LogP contribution in [0.4, 0.5) is 0 Å². The Labute approximate surface area is 135 Å². The van der Waals surface area contributed by atoms with Crippen molar-refractivity contribution < 1.29 is 19.2 Å². The summed E-state index contributed by atoms with van der Waals surface area (Å²) in [6, 6.07) is 6.34. The Morgan fingerprint density at radius 3 is 2.14 bits per heavy atom. The first kappa shape index (κ1) is 18.5. The summed E-state index contributed by atoms with van der Waals surface area (Å²) in [5, 5.41) is 0.534. The quantitative estimate of drug-likeness (QED) is 0.665. The van der Waals surface area contributed by atoms with E-state index in [1.165, 1.54) is 0 Å². The van der Waals surface area contributed by atoms with Gasteiger partial charge in [0.25, 0.3) is 5.91 Å². The minimum Gasteiger partial charge on any atom is -0.458 e. The van der Waals surface area contributed by atoms with E-state index in [0.29, 0.717) is 10.6 Å². The number of hydrogen-bond donors (Lipinski definition) is 1. The molecule has 22 heavy (non-hydrogen) atoms. The van der Waals surface area contributed by atoms with Crippen molar-refractivity contribution in [2.24, 2.45) is 5.92 Å². The lowest BCUT2D eigenvalue weighted by atomic mass is 10.1. The largest absolute Gasteiger partial charge is 0.458 e. The van der Waals surface area contributed by atoms with E-state index in [1.54, 1.807) is 45.0 Å². The highest BCUT2D eigenvalue weighted by molar-refractivity contribution is 6.30. The Morgan fingerprint density at radius 1 is 1.14 bits per heavy atom. The summed E-state index contributed by atoms with van der Waals surface area (Å²) in [7, 11) is 0. The fourth-order valence-corrected chi connectivity index (χ4v) is 1.72. The summed E-state index contributed by atoms with van der Waals surface area (Å²) >= 11 is 5.76. The van der Waals surface area contributed by atoms with Crippen LogP contribution >= 0.6 is 11.6 Å². The maximum Gasteiger partial charge on any atom is 0.338 e. The smallest absolute Gasteiger partial charge is 0.338 e. The standard InChI is InChI=1S/C16H22ClNO4/c1-10(2)13(15(20)21-16(3,4)5)22-18-14(19)11-6-8-12(17)9-7-11/h6-10,13H,1-5H3,(H,18,19)/t13-/m1/s1. The highest BCUT2D eigenvalue weighted by atomic mass is 35.5. The molecular weight excluding hydrogens is 306 g/mol. The minimum absolute atomic E-state index is 0.152. The van der Waals surface area contributed by atoms with E-state index >= 15 is 0 Å². The Balaban J connectivity index is 2.66. The molecule has 0 aliphatic carbocycles. The average molecular weight is 328 g/mol. The highest BCUT2D eigenvalue weighted by Gasteiger charge is 2.29. The number of benzene rings is 1. The second-order valence-electron chi connectivity index (χ2n) is 6.25. The normalized spacial score (nSPS) is 12.9. The molecule has 1 rings (SSSR count). The van der Waals surface area contributed by atoms with Crippen LogP contribution in [0, 0.1) is 5.92 Å². The topological polar surface area (TPSA) is 64.6 Å². The number of ether oxygens (including phenoxy) is 1. The SMILES string of the molecule is CC(C)[C@@H](ONC(=O)c1ccc(Cl)cc1)C(=O)OC(C)(C)C. The number of carbonyl (C=O) groups excluding carboxylic acids is 2. The van der Waals surface area contributed by atoms with E-state index in [2.05, 4.69) is 5.48 Å². The number of hydroxylamine groups is 1. The third kappa shape index (κ3) is 6.03. The van der Waals surface area contributed by atoms with Crippen molar-refractivity contribution >= 4 is 23.5 Å².